The molecule has 13 heteroatoms. The molecule has 5 N–H and O–H groups in total. The summed E-state index contributed by atoms with van der Waals surface area (Å²) in [5.74, 6) is -3.36. The normalized spacial score (nSPS) is 18.5. The van der Waals surface area contributed by atoms with Crippen LogP contribution in [0.1, 0.15) is 127 Å². The molecule has 4 atom stereocenters. The van der Waals surface area contributed by atoms with Gasteiger partial charge in [0, 0.05) is 24.8 Å². The minimum absolute atomic E-state index is 0.226. The van der Waals surface area contributed by atoms with Crippen molar-refractivity contribution in [3.05, 3.63) is 36.5 Å². The molecule has 0 spiro atoms. The van der Waals surface area contributed by atoms with Crippen molar-refractivity contribution in [1.82, 2.24) is 20.9 Å². The van der Waals surface area contributed by atoms with Crippen LogP contribution in [0, 0.1) is 11.3 Å². The van der Waals surface area contributed by atoms with E-state index in [0.717, 1.165) is 36.8 Å². The molecule has 0 bridgehead atoms. The first-order chi connectivity index (χ1) is 24.9. The van der Waals surface area contributed by atoms with Gasteiger partial charge in [-0.25, -0.2) is 4.79 Å². The average Bonchev–Trinajstić information content (AvgIpc) is 3.75. The molecule has 0 aromatic heterocycles. The summed E-state index contributed by atoms with van der Waals surface area (Å²) in [6, 6.07) is -3.68. The fourth-order valence-corrected chi connectivity index (χ4v) is 5.75. The SMILES string of the molecule is C=CC1=C(C=C)CC(OC(=O)CNC(=O)NC(C(=O)N2CCCC2C(=O)NC(CC2CCC2)C(=O)C(N)=O)C(C)(C)C)C1.CC.CCC.CCC(C)Cl. The van der Waals surface area contributed by atoms with E-state index in [-0.39, 0.29) is 18.6 Å². The predicted molar refractivity (Wildman–Crippen MR) is 212 cm³/mol. The Labute approximate surface area is 323 Å². The van der Waals surface area contributed by atoms with E-state index in [9.17, 15) is 28.8 Å². The molecule has 3 aliphatic rings. The van der Waals surface area contributed by atoms with E-state index in [1.807, 2.05) is 20.8 Å². The second-order valence-electron chi connectivity index (χ2n) is 14.5. The molecule has 0 aromatic rings. The number of ether oxygens (including phenoxy) is 1. The number of carbonyl (C=O) groups excluding carboxylic acids is 6. The van der Waals surface area contributed by atoms with Crippen molar-refractivity contribution >= 4 is 47.1 Å². The lowest BCUT2D eigenvalue weighted by Crippen LogP contribution is -2.60. The number of nitrogens with zero attached hydrogens (tertiary/aromatic N) is 1. The Morgan fingerprint density at radius 1 is 0.962 bits per heavy atom. The summed E-state index contributed by atoms with van der Waals surface area (Å²) < 4.78 is 5.47. The number of hydrogen-bond donors (Lipinski definition) is 4. The van der Waals surface area contributed by atoms with E-state index in [0.29, 0.717) is 37.5 Å². The number of nitrogens with two attached hydrogens (primary N) is 1. The third kappa shape index (κ3) is 17.3. The third-order valence-electron chi connectivity index (χ3n) is 8.95. The number of urea groups is 1. The van der Waals surface area contributed by atoms with Crippen LogP contribution < -0.4 is 21.7 Å². The number of nitrogens with one attached hydrogen (secondary N) is 3. The summed E-state index contributed by atoms with van der Waals surface area (Å²) in [5.41, 5.74) is 6.41. The number of ketones is 1. The molecule has 1 heterocycles. The molecule has 302 valence electrons. The van der Waals surface area contributed by atoms with Crippen molar-refractivity contribution in [2.75, 3.05) is 13.1 Å². The fraction of sp³-hybridized carbons (Fsp3) is 0.700. The summed E-state index contributed by atoms with van der Waals surface area (Å²) in [6.45, 7) is 25.0. The zero-order valence-electron chi connectivity index (χ0n) is 33.8. The van der Waals surface area contributed by atoms with Crippen LogP contribution in [-0.4, -0.2) is 83.1 Å². The summed E-state index contributed by atoms with van der Waals surface area (Å²) in [5, 5.41) is 8.14. The Balaban J connectivity index is 0.00000241. The van der Waals surface area contributed by atoms with Crippen LogP contribution >= 0.6 is 11.6 Å². The molecule has 0 aromatic carbocycles. The first-order valence-corrected chi connectivity index (χ1v) is 19.7. The molecule has 1 saturated carbocycles. The van der Waals surface area contributed by atoms with Crippen LogP contribution in [0.5, 0.6) is 0 Å². The van der Waals surface area contributed by atoms with Gasteiger partial charge in [0.2, 0.25) is 17.6 Å². The Kier molecular flexibility index (Phi) is 23.6. The lowest BCUT2D eigenvalue weighted by Gasteiger charge is -2.36. The predicted octanol–water partition coefficient (Wildman–Crippen LogP) is 6.26. The Bertz CT molecular complexity index is 1250. The highest BCUT2D eigenvalue weighted by molar-refractivity contribution is 6.37. The minimum Gasteiger partial charge on any atom is -0.460 e. The first-order valence-electron chi connectivity index (χ1n) is 19.2. The number of primary amides is 1. The number of Topliss-reactive ketones (excluding diaryl/α,β-unsaturated/α-hetero) is 1. The van der Waals surface area contributed by atoms with E-state index in [1.54, 1.807) is 32.9 Å². The van der Waals surface area contributed by atoms with E-state index >= 15 is 0 Å². The van der Waals surface area contributed by atoms with E-state index in [1.165, 1.54) is 11.3 Å². The Morgan fingerprint density at radius 2 is 1.49 bits per heavy atom. The number of rotatable bonds is 14. The second-order valence-corrected chi connectivity index (χ2v) is 15.3. The van der Waals surface area contributed by atoms with Gasteiger partial charge in [0.05, 0.1) is 6.04 Å². The van der Waals surface area contributed by atoms with Crippen LogP contribution in [-0.2, 0) is 28.7 Å². The average molecular weight is 766 g/mol. The van der Waals surface area contributed by atoms with E-state index in [4.69, 9.17) is 22.1 Å². The lowest BCUT2D eigenvalue weighted by atomic mass is 9.80. The first kappa shape index (κ1) is 49.3. The van der Waals surface area contributed by atoms with Crippen LogP contribution in [0.25, 0.3) is 0 Å². The molecule has 1 aliphatic heterocycles. The Morgan fingerprint density at radius 3 is 1.91 bits per heavy atom. The zero-order chi connectivity index (χ0) is 40.9. The van der Waals surface area contributed by atoms with Gasteiger partial charge in [0.1, 0.15) is 24.7 Å². The monoisotopic (exact) mass is 765 g/mol. The Hall–Kier alpha value is -3.67. The fourth-order valence-electron chi connectivity index (χ4n) is 5.75. The van der Waals surface area contributed by atoms with Crippen molar-refractivity contribution in [2.24, 2.45) is 17.1 Å². The number of amides is 5. The molecular weight excluding hydrogens is 698 g/mol. The summed E-state index contributed by atoms with van der Waals surface area (Å²) in [6.07, 6.45) is 10.5. The number of allylic oxidation sites excluding steroid dienone is 2. The van der Waals surface area contributed by atoms with Gasteiger partial charge in [0.15, 0.2) is 0 Å². The highest BCUT2D eigenvalue weighted by Gasteiger charge is 2.43. The van der Waals surface area contributed by atoms with E-state index in [2.05, 4.69) is 49.9 Å². The van der Waals surface area contributed by atoms with Gasteiger partial charge in [-0.05, 0) is 55.1 Å². The van der Waals surface area contributed by atoms with Gasteiger partial charge < -0.3 is 31.3 Å². The molecule has 1 saturated heterocycles. The smallest absolute Gasteiger partial charge is 0.325 e. The largest absolute Gasteiger partial charge is 0.460 e. The van der Waals surface area contributed by atoms with E-state index < -0.39 is 65.6 Å². The quantitative estimate of drug-likeness (QED) is 0.0916. The number of carbonyl (C=O) groups is 6. The minimum atomic E-state index is -1.11. The van der Waals surface area contributed by atoms with Gasteiger partial charge in [-0.2, -0.15) is 0 Å². The van der Waals surface area contributed by atoms with Crippen molar-refractivity contribution in [3.8, 4) is 0 Å². The van der Waals surface area contributed by atoms with Crippen LogP contribution in [0.15, 0.2) is 36.5 Å². The second kappa shape index (κ2) is 25.4. The third-order valence-corrected chi connectivity index (χ3v) is 9.26. The molecule has 0 radical (unpaired) electrons. The molecule has 2 fully saturated rings. The number of likely N-dealkylation sites (tertiary alicyclic amines) is 1. The highest BCUT2D eigenvalue weighted by atomic mass is 35.5. The summed E-state index contributed by atoms with van der Waals surface area (Å²) >= 11 is 5.46. The topological polar surface area (TPSA) is 177 Å². The molecule has 12 nitrogen and oxygen atoms in total. The standard InChI is InChI=1S/C31H45N5O7.C4H9Cl.C3H8.C2H6/c1-6-19-15-21(16-20(19)7-2)43-24(37)17-33-30(42)35-26(31(3,4)5)29(41)36-13-9-12-23(36)28(40)34-22(25(38)27(32)39)14-18-10-8-11-18;1-3-4(2)5;1-3-2;1-2/h6-7,18,21-23,26H,1-2,8-17H2,3-5H3,(H2,32,39)(H,34,40)(H2,33,35,42);4H,3H2,1-2H3;3H2,1-2H3;1-2H3. The van der Waals surface area contributed by atoms with Crippen LogP contribution in [0.3, 0.4) is 0 Å². The van der Waals surface area contributed by atoms with Crippen LogP contribution in [0.4, 0.5) is 4.79 Å². The maximum atomic E-state index is 13.7. The van der Waals surface area contributed by atoms with Gasteiger partial charge in [-0.15, -0.1) is 11.6 Å². The maximum Gasteiger partial charge on any atom is 0.325 e. The zero-order valence-corrected chi connectivity index (χ0v) is 34.5. The van der Waals surface area contributed by atoms with Gasteiger partial charge in [-0.3, -0.25) is 24.0 Å². The van der Waals surface area contributed by atoms with Crippen molar-refractivity contribution < 1.29 is 33.5 Å². The maximum absolute atomic E-state index is 13.7. The van der Waals surface area contributed by atoms with Gasteiger partial charge in [0.25, 0.3) is 5.91 Å². The number of alkyl halides is 1. The molecule has 4 unspecified atom stereocenters. The van der Waals surface area contributed by atoms with Crippen LogP contribution in [0.2, 0.25) is 0 Å². The summed E-state index contributed by atoms with van der Waals surface area (Å²) in [7, 11) is 0. The van der Waals surface area contributed by atoms with Crippen molar-refractivity contribution in [3.63, 3.8) is 0 Å². The van der Waals surface area contributed by atoms with Crippen molar-refractivity contribution in [2.45, 2.75) is 156 Å². The molecule has 2 aliphatic carbocycles. The molecule has 5 amide bonds. The number of halogens is 1. The number of hydrogen-bond acceptors (Lipinski definition) is 7. The van der Waals surface area contributed by atoms with Gasteiger partial charge >= 0.3 is 12.0 Å². The molecular formula is C40H68ClN5O7. The number of esters is 1. The lowest BCUT2D eigenvalue weighted by molar-refractivity contribution is -0.147. The van der Waals surface area contributed by atoms with Crippen molar-refractivity contribution in [1.29, 1.82) is 0 Å². The van der Waals surface area contributed by atoms with Gasteiger partial charge in [-0.1, -0.05) is 106 Å². The highest BCUT2D eigenvalue weighted by Crippen LogP contribution is 2.32. The molecule has 3 rings (SSSR count). The summed E-state index contributed by atoms with van der Waals surface area (Å²) in [4.78, 5) is 77.7. The molecule has 53 heavy (non-hydrogen) atoms.